The molecule has 0 spiro atoms. The molecule has 1 N–H and O–H groups in total. The van der Waals surface area contributed by atoms with Gasteiger partial charge < -0.3 is 19.7 Å². The molecule has 0 atom stereocenters. The molecule has 0 aliphatic heterocycles. The summed E-state index contributed by atoms with van der Waals surface area (Å²) in [7, 11) is 3.15. The van der Waals surface area contributed by atoms with Gasteiger partial charge in [0.25, 0.3) is 5.91 Å². The molecule has 41 heavy (non-hydrogen) atoms. The van der Waals surface area contributed by atoms with E-state index in [2.05, 4.69) is 59.5 Å². The molecule has 0 aliphatic carbocycles. The Hall–Kier alpha value is -4.91. The van der Waals surface area contributed by atoms with Gasteiger partial charge in [0.15, 0.2) is 11.5 Å². The topological polar surface area (TPSA) is 76.6 Å². The van der Waals surface area contributed by atoms with Gasteiger partial charge >= 0.3 is 0 Å². The summed E-state index contributed by atoms with van der Waals surface area (Å²) in [4.78, 5) is 24.6. The Labute approximate surface area is 240 Å². The number of aromatic nitrogens is 2. The molecule has 1 aromatic heterocycles. The minimum absolute atomic E-state index is 0.0903. The van der Waals surface area contributed by atoms with Gasteiger partial charge in [0, 0.05) is 30.1 Å². The lowest BCUT2D eigenvalue weighted by molar-refractivity contribution is 0.0729. The summed E-state index contributed by atoms with van der Waals surface area (Å²) in [5.74, 6) is 1.83. The maximum atomic E-state index is 13.9. The number of hydrogen-bond donors (Lipinski definition) is 1. The molecule has 7 nitrogen and oxygen atoms in total. The average Bonchev–Trinajstić information content (AvgIpc) is 3.00. The molecule has 5 aromatic rings. The molecule has 5 rings (SSSR count). The summed E-state index contributed by atoms with van der Waals surface area (Å²) in [5.41, 5.74) is 5.62. The second-order valence-corrected chi connectivity index (χ2v) is 10.2. The Balaban J connectivity index is 1.47. The fourth-order valence-electron chi connectivity index (χ4n) is 4.85. The van der Waals surface area contributed by atoms with Crippen LogP contribution in [-0.2, 0) is 13.1 Å². The number of nitrogens with zero attached hydrogens (tertiary/aromatic N) is 3. The highest BCUT2D eigenvalue weighted by Gasteiger charge is 2.19. The van der Waals surface area contributed by atoms with Gasteiger partial charge in [-0.1, -0.05) is 54.6 Å². The van der Waals surface area contributed by atoms with Crippen LogP contribution in [0.3, 0.4) is 0 Å². The Bertz CT molecular complexity index is 1650. The quantitative estimate of drug-likeness (QED) is 0.204. The van der Waals surface area contributed by atoms with Gasteiger partial charge in [-0.05, 0) is 72.5 Å². The largest absolute Gasteiger partial charge is 0.493 e. The number of anilines is 1. The fourth-order valence-corrected chi connectivity index (χ4v) is 4.85. The zero-order chi connectivity index (χ0) is 28.8. The van der Waals surface area contributed by atoms with Crippen molar-refractivity contribution in [2.45, 2.75) is 33.0 Å². The first-order valence-electron chi connectivity index (χ1n) is 13.6. The first-order valence-corrected chi connectivity index (χ1v) is 13.6. The second-order valence-electron chi connectivity index (χ2n) is 10.2. The summed E-state index contributed by atoms with van der Waals surface area (Å²) >= 11 is 0. The third-order valence-corrected chi connectivity index (χ3v) is 6.83. The number of rotatable bonds is 10. The predicted octanol–water partition coefficient (Wildman–Crippen LogP) is 6.98. The molecule has 1 heterocycles. The first-order chi connectivity index (χ1) is 19.9. The molecule has 0 aliphatic rings. The monoisotopic (exact) mass is 546 g/mol. The lowest BCUT2D eigenvalue weighted by atomic mass is 10.0. The van der Waals surface area contributed by atoms with Crippen molar-refractivity contribution in [2.24, 2.45) is 0 Å². The SMILES string of the molecule is COc1ccc(C(=O)N(Cc2ccccc2)Cc2cccc(-c3ccc4ncnc(NC(C)C)c4c3)c2)cc1OC. The van der Waals surface area contributed by atoms with Crippen molar-refractivity contribution < 1.29 is 14.3 Å². The van der Waals surface area contributed by atoms with E-state index in [4.69, 9.17) is 9.47 Å². The van der Waals surface area contributed by atoms with E-state index in [0.717, 1.165) is 39.0 Å². The Kier molecular flexibility index (Phi) is 8.44. The summed E-state index contributed by atoms with van der Waals surface area (Å²) in [5, 5.41) is 4.39. The van der Waals surface area contributed by atoms with E-state index in [0.29, 0.717) is 30.2 Å². The Morgan fingerprint density at radius 2 is 1.51 bits per heavy atom. The summed E-state index contributed by atoms with van der Waals surface area (Å²) in [6.45, 7) is 5.08. The standard InChI is InChI=1S/C34H34N4O3/c1-23(2)37-33-29-18-27(13-15-30(29)35-22-36-33)26-12-8-11-25(17-26)21-38(20-24-9-6-5-7-10-24)34(39)28-14-16-31(40-3)32(19-28)41-4/h5-19,22-23H,20-21H2,1-4H3,(H,35,36,37). The van der Waals surface area contributed by atoms with Gasteiger partial charge in [-0.3, -0.25) is 4.79 Å². The highest BCUT2D eigenvalue weighted by Crippen LogP contribution is 2.30. The summed E-state index contributed by atoms with van der Waals surface area (Å²) in [6.07, 6.45) is 1.59. The zero-order valence-corrected chi connectivity index (χ0v) is 23.8. The van der Waals surface area contributed by atoms with Crippen molar-refractivity contribution in [3.05, 3.63) is 114 Å². The first kappa shape index (κ1) is 27.6. The third-order valence-electron chi connectivity index (χ3n) is 6.83. The van der Waals surface area contributed by atoms with Crippen molar-refractivity contribution in [2.75, 3.05) is 19.5 Å². The predicted molar refractivity (Wildman–Crippen MR) is 163 cm³/mol. The van der Waals surface area contributed by atoms with Crippen LogP contribution in [0.2, 0.25) is 0 Å². The maximum Gasteiger partial charge on any atom is 0.254 e. The van der Waals surface area contributed by atoms with Crippen LogP contribution in [0.4, 0.5) is 5.82 Å². The maximum absolute atomic E-state index is 13.9. The van der Waals surface area contributed by atoms with Crippen LogP contribution in [0.15, 0.2) is 97.3 Å². The van der Waals surface area contributed by atoms with Crippen LogP contribution in [-0.4, -0.2) is 41.0 Å². The van der Waals surface area contributed by atoms with Crippen LogP contribution < -0.4 is 14.8 Å². The lowest BCUT2D eigenvalue weighted by Crippen LogP contribution is -2.30. The number of fused-ring (bicyclic) bond motifs is 1. The number of carbonyl (C=O) groups is 1. The van der Waals surface area contributed by atoms with E-state index in [9.17, 15) is 4.79 Å². The zero-order valence-electron chi connectivity index (χ0n) is 23.8. The van der Waals surface area contributed by atoms with E-state index < -0.39 is 0 Å². The molecule has 0 saturated heterocycles. The van der Waals surface area contributed by atoms with Crippen LogP contribution in [0.5, 0.6) is 11.5 Å². The molecule has 0 fully saturated rings. The van der Waals surface area contributed by atoms with Crippen LogP contribution in [0.1, 0.15) is 35.3 Å². The number of amides is 1. The minimum atomic E-state index is -0.0903. The number of ether oxygens (including phenoxy) is 2. The van der Waals surface area contributed by atoms with Crippen molar-refractivity contribution in [1.82, 2.24) is 14.9 Å². The van der Waals surface area contributed by atoms with Gasteiger partial charge in [0.1, 0.15) is 12.1 Å². The van der Waals surface area contributed by atoms with Crippen molar-refractivity contribution in [3.63, 3.8) is 0 Å². The van der Waals surface area contributed by atoms with Crippen molar-refractivity contribution in [3.8, 4) is 22.6 Å². The molecule has 7 heteroatoms. The van der Waals surface area contributed by atoms with Gasteiger partial charge in [0.05, 0.1) is 19.7 Å². The number of carbonyl (C=O) groups excluding carboxylic acids is 1. The van der Waals surface area contributed by atoms with Crippen LogP contribution in [0, 0.1) is 0 Å². The van der Waals surface area contributed by atoms with Crippen LogP contribution in [0.25, 0.3) is 22.0 Å². The molecular weight excluding hydrogens is 512 g/mol. The fraction of sp³-hybridized carbons (Fsp3) is 0.206. The van der Waals surface area contributed by atoms with Crippen LogP contribution >= 0.6 is 0 Å². The molecule has 4 aromatic carbocycles. The van der Waals surface area contributed by atoms with E-state index in [1.54, 1.807) is 38.7 Å². The highest BCUT2D eigenvalue weighted by molar-refractivity contribution is 5.95. The van der Waals surface area contributed by atoms with Crippen molar-refractivity contribution in [1.29, 1.82) is 0 Å². The lowest BCUT2D eigenvalue weighted by Gasteiger charge is -2.24. The van der Waals surface area contributed by atoms with E-state index in [-0.39, 0.29) is 11.9 Å². The number of methoxy groups -OCH3 is 2. The number of nitrogens with one attached hydrogen (secondary N) is 1. The molecule has 0 saturated carbocycles. The summed E-state index contributed by atoms with van der Waals surface area (Å²) < 4.78 is 10.8. The smallest absolute Gasteiger partial charge is 0.254 e. The number of benzene rings is 4. The van der Waals surface area contributed by atoms with Gasteiger partial charge in [-0.2, -0.15) is 0 Å². The van der Waals surface area contributed by atoms with E-state index >= 15 is 0 Å². The Morgan fingerprint density at radius 3 is 2.27 bits per heavy atom. The minimum Gasteiger partial charge on any atom is -0.493 e. The average molecular weight is 547 g/mol. The van der Waals surface area contributed by atoms with Gasteiger partial charge in [-0.25, -0.2) is 9.97 Å². The second kappa shape index (κ2) is 12.5. The van der Waals surface area contributed by atoms with E-state index in [1.165, 1.54) is 0 Å². The van der Waals surface area contributed by atoms with Crippen molar-refractivity contribution >= 4 is 22.6 Å². The molecule has 0 radical (unpaired) electrons. The normalized spacial score (nSPS) is 11.0. The Morgan fingerprint density at radius 1 is 0.780 bits per heavy atom. The molecular formula is C34H34N4O3. The summed E-state index contributed by atoms with van der Waals surface area (Å²) in [6, 6.07) is 30.1. The third kappa shape index (κ3) is 6.47. The number of hydrogen-bond acceptors (Lipinski definition) is 6. The van der Waals surface area contributed by atoms with E-state index in [1.807, 2.05) is 47.4 Å². The molecule has 0 bridgehead atoms. The van der Waals surface area contributed by atoms with Gasteiger partial charge in [-0.15, -0.1) is 0 Å². The molecule has 0 unspecified atom stereocenters. The van der Waals surface area contributed by atoms with Gasteiger partial charge in [0.2, 0.25) is 0 Å². The molecule has 1 amide bonds. The highest BCUT2D eigenvalue weighted by atomic mass is 16.5. The molecule has 208 valence electrons.